The molecule has 3 nitrogen and oxygen atoms in total. The first-order valence-electron chi connectivity index (χ1n) is 5.72. The van der Waals surface area contributed by atoms with E-state index in [1.54, 1.807) is 6.07 Å². The zero-order valence-electron chi connectivity index (χ0n) is 10.1. The molecule has 0 amide bonds. The first kappa shape index (κ1) is 14.0. The molecule has 1 heterocycles. The average molecular weight is 336 g/mol. The molecular weight excluding hydrogens is 321 g/mol. The van der Waals surface area contributed by atoms with Crippen molar-refractivity contribution in [2.75, 3.05) is 18.6 Å². The van der Waals surface area contributed by atoms with Gasteiger partial charge in [-0.25, -0.2) is 12.8 Å². The second-order valence-corrected chi connectivity index (χ2v) is 7.79. The van der Waals surface area contributed by atoms with Gasteiger partial charge in [0.25, 0.3) is 0 Å². The van der Waals surface area contributed by atoms with E-state index in [-0.39, 0.29) is 23.4 Å². The van der Waals surface area contributed by atoms with Gasteiger partial charge in [0.1, 0.15) is 5.82 Å². The Balaban J connectivity index is 2.05. The van der Waals surface area contributed by atoms with E-state index in [1.807, 2.05) is 11.9 Å². The van der Waals surface area contributed by atoms with Crippen molar-refractivity contribution in [2.45, 2.75) is 19.0 Å². The predicted octanol–water partition coefficient (Wildman–Crippen LogP) is 2.21. The van der Waals surface area contributed by atoms with Crippen LogP contribution < -0.4 is 0 Å². The Morgan fingerprint density at radius 1 is 1.50 bits per heavy atom. The summed E-state index contributed by atoms with van der Waals surface area (Å²) in [5.74, 6) is 0.214. The van der Waals surface area contributed by atoms with Crippen LogP contribution in [0.15, 0.2) is 22.7 Å². The SMILES string of the molecule is CN(Cc1ccc(F)cc1Br)[C@H]1CCS(=O)(=O)C1. The van der Waals surface area contributed by atoms with E-state index in [2.05, 4.69) is 15.9 Å². The number of nitrogens with zero attached hydrogens (tertiary/aromatic N) is 1. The van der Waals surface area contributed by atoms with Gasteiger partial charge in [-0.2, -0.15) is 0 Å². The first-order chi connectivity index (χ1) is 8.37. The number of rotatable bonds is 3. The summed E-state index contributed by atoms with van der Waals surface area (Å²) >= 11 is 3.32. The third-order valence-corrected chi connectivity index (χ3v) is 5.76. The Kier molecular flexibility index (Phi) is 4.08. The van der Waals surface area contributed by atoms with Gasteiger partial charge in [-0.05, 0) is 31.2 Å². The van der Waals surface area contributed by atoms with Crippen molar-refractivity contribution in [2.24, 2.45) is 0 Å². The minimum atomic E-state index is -2.86. The zero-order valence-corrected chi connectivity index (χ0v) is 12.5. The largest absolute Gasteiger partial charge is 0.298 e. The van der Waals surface area contributed by atoms with Gasteiger partial charge < -0.3 is 0 Å². The lowest BCUT2D eigenvalue weighted by Gasteiger charge is -2.23. The molecule has 1 aromatic carbocycles. The highest BCUT2D eigenvalue weighted by atomic mass is 79.9. The van der Waals surface area contributed by atoms with Gasteiger partial charge >= 0.3 is 0 Å². The third kappa shape index (κ3) is 3.30. The molecular formula is C12H15BrFNO2S. The highest BCUT2D eigenvalue weighted by Gasteiger charge is 2.30. The lowest BCUT2D eigenvalue weighted by molar-refractivity contribution is 0.253. The van der Waals surface area contributed by atoms with Gasteiger partial charge in [0.05, 0.1) is 11.5 Å². The van der Waals surface area contributed by atoms with Crippen molar-refractivity contribution in [1.82, 2.24) is 4.90 Å². The Morgan fingerprint density at radius 2 is 2.22 bits per heavy atom. The molecule has 0 unspecified atom stereocenters. The maximum atomic E-state index is 13.0. The molecule has 0 bridgehead atoms. The Hall–Kier alpha value is -0.460. The van der Waals surface area contributed by atoms with E-state index in [1.165, 1.54) is 12.1 Å². The van der Waals surface area contributed by atoms with Crippen LogP contribution in [0.4, 0.5) is 4.39 Å². The minimum Gasteiger partial charge on any atom is -0.298 e. The highest BCUT2D eigenvalue weighted by Crippen LogP contribution is 2.23. The van der Waals surface area contributed by atoms with Crippen LogP contribution in [0.5, 0.6) is 0 Å². The fourth-order valence-corrected chi connectivity index (χ4v) is 4.45. The van der Waals surface area contributed by atoms with Crippen LogP contribution in [0, 0.1) is 5.82 Å². The molecule has 0 saturated carbocycles. The molecule has 0 spiro atoms. The Bertz CT molecular complexity index is 547. The van der Waals surface area contributed by atoms with Crippen LogP contribution in [0.3, 0.4) is 0 Å². The number of sulfone groups is 1. The van der Waals surface area contributed by atoms with Gasteiger partial charge in [-0.1, -0.05) is 22.0 Å². The monoisotopic (exact) mass is 335 g/mol. The smallest absolute Gasteiger partial charge is 0.151 e. The van der Waals surface area contributed by atoms with E-state index < -0.39 is 9.84 Å². The third-order valence-electron chi connectivity index (χ3n) is 3.27. The van der Waals surface area contributed by atoms with E-state index in [9.17, 15) is 12.8 Å². The van der Waals surface area contributed by atoms with E-state index in [4.69, 9.17) is 0 Å². The van der Waals surface area contributed by atoms with Crippen LogP contribution in [0.25, 0.3) is 0 Å². The van der Waals surface area contributed by atoms with Crippen LogP contribution >= 0.6 is 15.9 Å². The summed E-state index contributed by atoms with van der Waals surface area (Å²) in [6.45, 7) is 0.612. The van der Waals surface area contributed by atoms with E-state index >= 15 is 0 Å². The Morgan fingerprint density at radius 3 is 2.78 bits per heavy atom. The lowest BCUT2D eigenvalue weighted by atomic mass is 10.1. The molecule has 1 aromatic rings. The quantitative estimate of drug-likeness (QED) is 0.849. The van der Waals surface area contributed by atoms with Crippen molar-refractivity contribution in [3.8, 4) is 0 Å². The number of benzene rings is 1. The summed E-state index contributed by atoms with van der Waals surface area (Å²) in [6, 6.07) is 4.62. The molecule has 18 heavy (non-hydrogen) atoms. The molecule has 6 heteroatoms. The second kappa shape index (κ2) is 5.27. The summed E-state index contributed by atoms with van der Waals surface area (Å²) < 4.78 is 36.5. The fourth-order valence-electron chi connectivity index (χ4n) is 2.17. The van der Waals surface area contributed by atoms with Crippen molar-refractivity contribution in [3.63, 3.8) is 0 Å². The summed E-state index contributed by atoms with van der Waals surface area (Å²) in [7, 11) is -0.959. The molecule has 2 rings (SSSR count). The molecule has 1 saturated heterocycles. The predicted molar refractivity (Wildman–Crippen MR) is 72.6 cm³/mol. The first-order valence-corrected chi connectivity index (χ1v) is 8.33. The van der Waals surface area contributed by atoms with Crippen LogP contribution in [-0.4, -0.2) is 37.9 Å². The molecule has 0 radical (unpaired) electrons. The van der Waals surface area contributed by atoms with Crippen molar-refractivity contribution in [1.29, 1.82) is 0 Å². The van der Waals surface area contributed by atoms with Crippen molar-refractivity contribution in [3.05, 3.63) is 34.1 Å². The number of hydrogen-bond donors (Lipinski definition) is 0. The summed E-state index contributed by atoms with van der Waals surface area (Å²) in [5.41, 5.74) is 0.961. The Labute approximate surface area is 115 Å². The van der Waals surface area contributed by atoms with Gasteiger partial charge in [-0.15, -0.1) is 0 Å². The highest BCUT2D eigenvalue weighted by molar-refractivity contribution is 9.10. The molecule has 0 aliphatic carbocycles. The van der Waals surface area contributed by atoms with Gasteiger partial charge in [0.15, 0.2) is 9.84 Å². The van der Waals surface area contributed by atoms with Gasteiger partial charge in [0, 0.05) is 17.1 Å². The average Bonchev–Trinajstić information content (AvgIpc) is 2.63. The summed E-state index contributed by atoms with van der Waals surface area (Å²) in [6.07, 6.45) is 0.678. The molecule has 0 N–H and O–H groups in total. The topological polar surface area (TPSA) is 37.4 Å². The fraction of sp³-hybridized carbons (Fsp3) is 0.500. The summed E-state index contributed by atoms with van der Waals surface area (Å²) in [4.78, 5) is 2.02. The maximum absolute atomic E-state index is 13.0. The van der Waals surface area contributed by atoms with Gasteiger partial charge in [0.2, 0.25) is 0 Å². The second-order valence-electron chi connectivity index (χ2n) is 4.71. The van der Waals surface area contributed by atoms with Crippen LogP contribution in [-0.2, 0) is 16.4 Å². The maximum Gasteiger partial charge on any atom is 0.151 e. The molecule has 1 aliphatic heterocycles. The van der Waals surface area contributed by atoms with Crippen molar-refractivity contribution >= 4 is 25.8 Å². The molecule has 0 aromatic heterocycles. The number of hydrogen-bond acceptors (Lipinski definition) is 3. The van der Waals surface area contributed by atoms with Crippen LogP contribution in [0.1, 0.15) is 12.0 Å². The molecule has 1 fully saturated rings. The van der Waals surface area contributed by atoms with E-state index in [0.717, 1.165) is 10.0 Å². The minimum absolute atomic E-state index is 0.0620. The van der Waals surface area contributed by atoms with Gasteiger partial charge in [-0.3, -0.25) is 4.90 Å². The number of halogens is 2. The zero-order chi connectivity index (χ0) is 13.3. The normalized spacial score (nSPS) is 22.6. The van der Waals surface area contributed by atoms with Crippen LogP contribution in [0.2, 0.25) is 0 Å². The van der Waals surface area contributed by atoms with E-state index in [0.29, 0.717) is 13.0 Å². The standard InChI is InChI=1S/C12H15BrFNO2S/c1-15(11-4-5-18(16,17)8-11)7-9-2-3-10(14)6-12(9)13/h2-3,6,11H,4-5,7-8H2,1H3/t11-/m0/s1. The lowest BCUT2D eigenvalue weighted by Crippen LogP contribution is -2.32. The summed E-state index contributed by atoms with van der Waals surface area (Å²) in [5, 5.41) is 0. The molecule has 1 atom stereocenters. The molecule has 100 valence electrons. The van der Waals surface area contributed by atoms with Crippen molar-refractivity contribution < 1.29 is 12.8 Å². The molecule has 1 aliphatic rings.